The minimum Gasteiger partial charge on any atom is -0.494 e. The zero-order valence-corrected chi connectivity index (χ0v) is 15.8. The number of carbonyl (C=O) groups is 1. The smallest absolute Gasteiger partial charge is 0.274 e. The number of aromatic nitrogens is 2. The maximum atomic E-state index is 12.8. The van der Waals surface area contributed by atoms with Gasteiger partial charge in [0.1, 0.15) is 5.75 Å². The fourth-order valence-corrected chi connectivity index (χ4v) is 3.29. The van der Waals surface area contributed by atoms with Gasteiger partial charge in [-0.25, -0.2) is 0 Å². The molecule has 0 atom stereocenters. The summed E-state index contributed by atoms with van der Waals surface area (Å²) in [5.74, 6) is 1.32. The van der Waals surface area contributed by atoms with Crippen molar-refractivity contribution in [2.75, 3.05) is 18.5 Å². The van der Waals surface area contributed by atoms with Crippen LogP contribution in [0.25, 0.3) is 0 Å². The normalized spacial score (nSPS) is 13.0. The molecular formula is C22H22N4O2. The predicted octanol–water partition coefficient (Wildman–Crippen LogP) is 3.82. The van der Waals surface area contributed by atoms with E-state index in [1.165, 1.54) is 11.1 Å². The van der Waals surface area contributed by atoms with Gasteiger partial charge in [-0.05, 0) is 60.9 Å². The third-order valence-corrected chi connectivity index (χ3v) is 4.74. The Kier molecular flexibility index (Phi) is 5.19. The Hall–Kier alpha value is -3.41. The number of rotatable bonds is 5. The molecule has 4 rings (SSSR count). The van der Waals surface area contributed by atoms with Gasteiger partial charge in [-0.15, -0.1) is 10.2 Å². The van der Waals surface area contributed by atoms with Crippen LogP contribution in [-0.4, -0.2) is 34.2 Å². The fourth-order valence-electron chi connectivity index (χ4n) is 3.29. The highest BCUT2D eigenvalue weighted by atomic mass is 16.5. The first kappa shape index (κ1) is 18.0. The van der Waals surface area contributed by atoms with Crippen molar-refractivity contribution in [3.05, 3.63) is 77.5 Å². The predicted molar refractivity (Wildman–Crippen MR) is 108 cm³/mol. The van der Waals surface area contributed by atoms with Gasteiger partial charge in [0.05, 0.1) is 6.61 Å². The first-order chi connectivity index (χ1) is 13.7. The number of fused-ring (bicyclic) bond motifs is 1. The number of amides is 1. The Morgan fingerprint density at radius 2 is 1.82 bits per heavy atom. The molecule has 0 fully saturated rings. The van der Waals surface area contributed by atoms with Crippen LogP contribution in [0.15, 0.2) is 60.7 Å². The Morgan fingerprint density at radius 1 is 1.04 bits per heavy atom. The molecule has 2 heterocycles. The van der Waals surface area contributed by atoms with Crippen molar-refractivity contribution in [1.29, 1.82) is 0 Å². The number of nitrogens with one attached hydrogen (secondary N) is 1. The van der Waals surface area contributed by atoms with Crippen LogP contribution in [0, 0.1) is 0 Å². The first-order valence-electron chi connectivity index (χ1n) is 9.42. The monoisotopic (exact) mass is 374 g/mol. The quantitative estimate of drug-likeness (QED) is 0.735. The number of carbonyl (C=O) groups excluding carboxylic acids is 1. The molecule has 3 aromatic rings. The van der Waals surface area contributed by atoms with Crippen LogP contribution < -0.4 is 10.1 Å². The van der Waals surface area contributed by atoms with Crippen molar-refractivity contribution >= 4 is 17.4 Å². The Morgan fingerprint density at radius 3 is 2.54 bits per heavy atom. The summed E-state index contributed by atoms with van der Waals surface area (Å²) in [7, 11) is 0. The molecule has 1 N–H and O–H groups in total. The van der Waals surface area contributed by atoms with Crippen LogP contribution in [0.3, 0.4) is 0 Å². The Balaban J connectivity index is 1.41. The molecule has 6 nitrogen and oxygen atoms in total. The van der Waals surface area contributed by atoms with Crippen LogP contribution in [0.4, 0.5) is 11.5 Å². The number of benzene rings is 2. The van der Waals surface area contributed by atoms with E-state index < -0.39 is 0 Å². The van der Waals surface area contributed by atoms with Crippen LogP contribution in [0.5, 0.6) is 5.75 Å². The van der Waals surface area contributed by atoms with E-state index in [1.807, 2.05) is 48.2 Å². The summed E-state index contributed by atoms with van der Waals surface area (Å²) in [6.07, 6.45) is 0.868. The summed E-state index contributed by atoms with van der Waals surface area (Å²) in [6, 6.07) is 19.3. The van der Waals surface area contributed by atoms with Gasteiger partial charge in [-0.3, -0.25) is 4.79 Å². The van der Waals surface area contributed by atoms with Gasteiger partial charge in [0.2, 0.25) is 0 Å². The number of hydrogen-bond acceptors (Lipinski definition) is 5. The first-order valence-corrected chi connectivity index (χ1v) is 9.42. The SMILES string of the molecule is CCOc1ccc(Nc2ccc(C(=O)N3CCc4ccccc4C3)nn2)cc1. The van der Waals surface area contributed by atoms with Crippen molar-refractivity contribution in [3.8, 4) is 5.75 Å². The molecule has 1 aliphatic heterocycles. The van der Waals surface area contributed by atoms with E-state index >= 15 is 0 Å². The summed E-state index contributed by atoms with van der Waals surface area (Å²) in [5, 5.41) is 11.5. The van der Waals surface area contributed by atoms with E-state index in [0.29, 0.717) is 31.2 Å². The van der Waals surface area contributed by atoms with Gasteiger partial charge in [-0.2, -0.15) is 0 Å². The standard InChI is InChI=1S/C22H22N4O2/c1-2-28-19-9-7-18(8-10-19)23-21-12-11-20(24-25-21)22(27)26-14-13-16-5-3-4-6-17(16)15-26/h3-12H,2,13-15H2,1H3,(H,23,25). The average molecular weight is 374 g/mol. The number of anilines is 2. The number of nitrogens with zero attached hydrogens (tertiary/aromatic N) is 3. The lowest BCUT2D eigenvalue weighted by Gasteiger charge is -2.28. The van der Waals surface area contributed by atoms with Crippen molar-refractivity contribution in [3.63, 3.8) is 0 Å². The van der Waals surface area contributed by atoms with Gasteiger partial charge >= 0.3 is 0 Å². The molecule has 2 aromatic carbocycles. The van der Waals surface area contributed by atoms with E-state index in [9.17, 15) is 4.79 Å². The molecule has 142 valence electrons. The topological polar surface area (TPSA) is 67.3 Å². The Labute approximate surface area is 164 Å². The highest BCUT2D eigenvalue weighted by Gasteiger charge is 2.22. The molecule has 0 spiro atoms. The van der Waals surface area contributed by atoms with Crippen molar-refractivity contribution in [1.82, 2.24) is 15.1 Å². The zero-order chi connectivity index (χ0) is 19.3. The highest BCUT2D eigenvalue weighted by molar-refractivity contribution is 5.92. The number of hydrogen-bond donors (Lipinski definition) is 1. The zero-order valence-electron chi connectivity index (χ0n) is 15.8. The lowest BCUT2D eigenvalue weighted by Crippen LogP contribution is -2.36. The molecule has 0 bridgehead atoms. The fraction of sp³-hybridized carbons (Fsp3) is 0.227. The molecule has 1 aromatic heterocycles. The minimum atomic E-state index is -0.0883. The van der Waals surface area contributed by atoms with Gasteiger partial charge in [0.15, 0.2) is 11.5 Å². The lowest BCUT2D eigenvalue weighted by molar-refractivity contribution is 0.0727. The molecule has 28 heavy (non-hydrogen) atoms. The van der Waals surface area contributed by atoms with Gasteiger partial charge in [-0.1, -0.05) is 24.3 Å². The lowest BCUT2D eigenvalue weighted by atomic mass is 10.00. The second-order valence-electron chi connectivity index (χ2n) is 6.63. The van der Waals surface area contributed by atoms with E-state index in [2.05, 4.69) is 27.6 Å². The molecule has 0 unspecified atom stereocenters. The second-order valence-corrected chi connectivity index (χ2v) is 6.63. The molecule has 1 aliphatic rings. The van der Waals surface area contributed by atoms with E-state index in [-0.39, 0.29) is 5.91 Å². The highest BCUT2D eigenvalue weighted by Crippen LogP contribution is 2.21. The average Bonchev–Trinajstić information content (AvgIpc) is 2.75. The Bertz CT molecular complexity index is 955. The van der Waals surface area contributed by atoms with Crippen molar-refractivity contribution in [2.45, 2.75) is 19.9 Å². The summed E-state index contributed by atoms with van der Waals surface area (Å²) >= 11 is 0. The second kappa shape index (κ2) is 8.08. The van der Waals surface area contributed by atoms with Gasteiger partial charge in [0.25, 0.3) is 5.91 Å². The van der Waals surface area contributed by atoms with Crippen molar-refractivity contribution in [2.24, 2.45) is 0 Å². The third kappa shape index (κ3) is 3.96. The number of ether oxygens (including phenoxy) is 1. The maximum Gasteiger partial charge on any atom is 0.274 e. The maximum absolute atomic E-state index is 12.8. The minimum absolute atomic E-state index is 0.0883. The third-order valence-electron chi connectivity index (χ3n) is 4.74. The van der Waals surface area contributed by atoms with Gasteiger partial charge < -0.3 is 15.0 Å². The molecule has 0 aliphatic carbocycles. The van der Waals surface area contributed by atoms with Crippen LogP contribution >= 0.6 is 0 Å². The molecule has 1 amide bonds. The van der Waals surface area contributed by atoms with E-state index in [4.69, 9.17) is 4.74 Å². The summed E-state index contributed by atoms with van der Waals surface area (Å²) in [5.41, 5.74) is 3.75. The van der Waals surface area contributed by atoms with Crippen LogP contribution in [0.2, 0.25) is 0 Å². The molecule has 0 saturated heterocycles. The van der Waals surface area contributed by atoms with Crippen LogP contribution in [0.1, 0.15) is 28.5 Å². The molecule has 6 heteroatoms. The summed E-state index contributed by atoms with van der Waals surface area (Å²) < 4.78 is 5.43. The van der Waals surface area contributed by atoms with E-state index in [0.717, 1.165) is 17.9 Å². The largest absolute Gasteiger partial charge is 0.494 e. The van der Waals surface area contributed by atoms with E-state index in [1.54, 1.807) is 12.1 Å². The van der Waals surface area contributed by atoms with Crippen molar-refractivity contribution < 1.29 is 9.53 Å². The molecular weight excluding hydrogens is 352 g/mol. The molecule has 0 saturated carbocycles. The summed E-state index contributed by atoms with van der Waals surface area (Å²) in [4.78, 5) is 14.6. The van der Waals surface area contributed by atoms with Gasteiger partial charge in [0, 0.05) is 18.8 Å². The van der Waals surface area contributed by atoms with Crippen LogP contribution in [-0.2, 0) is 13.0 Å². The molecule has 0 radical (unpaired) electrons. The summed E-state index contributed by atoms with van der Waals surface area (Å²) in [6.45, 7) is 3.90.